The Morgan fingerprint density at radius 1 is 1.27 bits per heavy atom. The van der Waals surface area contributed by atoms with Gasteiger partial charge in [-0.3, -0.25) is 10.1 Å². The summed E-state index contributed by atoms with van der Waals surface area (Å²) in [6, 6.07) is 11.4. The number of hydrogen-bond donors (Lipinski definition) is 2. The van der Waals surface area contributed by atoms with Crippen LogP contribution in [0.25, 0.3) is 0 Å². The van der Waals surface area contributed by atoms with Crippen LogP contribution in [0.2, 0.25) is 0 Å². The van der Waals surface area contributed by atoms with Crippen molar-refractivity contribution in [3.8, 4) is 11.5 Å². The number of carbonyl (C=O) groups is 1. The molecule has 1 heterocycles. The van der Waals surface area contributed by atoms with Crippen LogP contribution in [0.15, 0.2) is 42.5 Å². The second-order valence-electron chi connectivity index (χ2n) is 5.79. The molecular weight excluding hydrogens is 357 g/mol. The van der Waals surface area contributed by atoms with Gasteiger partial charge in [0.25, 0.3) is 0 Å². The highest BCUT2D eigenvalue weighted by atomic mass is 32.2. The molecule has 1 aliphatic rings. The molecular formula is C19H20FNO4S. The van der Waals surface area contributed by atoms with Gasteiger partial charge in [-0.15, -0.1) is 11.8 Å². The summed E-state index contributed by atoms with van der Waals surface area (Å²) in [5, 5.41) is 12.1. The van der Waals surface area contributed by atoms with Crippen molar-refractivity contribution in [2.24, 2.45) is 0 Å². The lowest BCUT2D eigenvalue weighted by Crippen LogP contribution is -2.33. The predicted octanol–water partition coefficient (Wildman–Crippen LogP) is 3.59. The van der Waals surface area contributed by atoms with Gasteiger partial charge in [0, 0.05) is 11.3 Å². The third-order valence-electron chi connectivity index (χ3n) is 3.99. The van der Waals surface area contributed by atoms with Gasteiger partial charge in [-0.2, -0.15) is 0 Å². The summed E-state index contributed by atoms with van der Waals surface area (Å²) < 4.78 is 25.1. The van der Waals surface area contributed by atoms with Crippen molar-refractivity contribution < 1.29 is 23.8 Å². The maximum atomic E-state index is 13.7. The van der Waals surface area contributed by atoms with Gasteiger partial charge in [-0.05, 0) is 30.7 Å². The van der Waals surface area contributed by atoms with Crippen molar-refractivity contribution in [1.29, 1.82) is 0 Å². The van der Waals surface area contributed by atoms with Crippen LogP contribution in [-0.4, -0.2) is 29.5 Å². The Labute approximate surface area is 155 Å². The van der Waals surface area contributed by atoms with E-state index in [1.54, 1.807) is 24.3 Å². The van der Waals surface area contributed by atoms with Crippen molar-refractivity contribution in [3.63, 3.8) is 0 Å². The van der Waals surface area contributed by atoms with E-state index in [1.165, 1.54) is 17.8 Å². The number of rotatable bonds is 7. The minimum Gasteiger partial charge on any atom is -0.490 e. The number of hydrogen-bond acceptors (Lipinski definition) is 5. The molecule has 5 nitrogen and oxygen atoms in total. The van der Waals surface area contributed by atoms with Crippen LogP contribution in [-0.2, 0) is 11.4 Å². The van der Waals surface area contributed by atoms with Crippen LogP contribution in [0, 0.1) is 5.82 Å². The zero-order chi connectivity index (χ0) is 18.5. The summed E-state index contributed by atoms with van der Waals surface area (Å²) in [6.07, 6.45) is 0. The lowest BCUT2D eigenvalue weighted by atomic mass is 10.2. The average molecular weight is 377 g/mol. The van der Waals surface area contributed by atoms with Crippen LogP contribution >= 0.6 is 11.8 Å². The Bertz CT molecular complexity index is 786. The first-order valence-electron chi connectivity index (χ1n) is 8.32. The van der Waals surface area contributed by atoms with Gasteiger partial charge in [0.1, 0.15) is 18.5 Å². The van der Waals surface area contributed by atoms with Gasteiger partial charge in [0.2, 0.25) is 0 Å². The summed E-state index contributed by atoms with van der Waals surface area (Å²) in [6.45, 7) is 2.43. The summed E-state index contributed by atoms with van der Waals surface area (Å²) in [4.78, 5) is 11.1. The van der Waals surface area contributed by atoms with E-state index in [0.717, 1.165) is 5.56 Å². The van der Waals surface area contributed by atoms with Crippen molar-refractivity contribution in [2.45, 2.75) is 24.9 Å². The van der Waals surface area contributed by atoms with E-state index in [0.29, 0.717) is 29.4 Å². The van der Waals surface area contributed by atoms with E-state index in [-0.39, 0.29) is 17.8 Å². The number of carboxylic acids is 1. The van der Waals surface area contributed by atoms with Gasteiger partial charge in [0.15, 0.2) is 11.5 Å². The van der Waals surface area contributed by atoms with E-state index in [2.05, 4.69) is 5.32 Å². The molecule has 2 aromatic rings. The van der Waals surface area contributed by atoms with Gasteiger partial charge in [-0.1, -0.05) is 24.3 Å². The van der Waals surface area contributed by atoms with Crippen LogP contribution in [0.5, 0.6) is 11.5 Å². The fraction of sp³-hybridized carbons (Fsp3) is 0.316. The van der Waals surface area contributed by atoms with Crippen molar-refractivity contribution in [3.05, 3.63) is 59.4 Å². The molecule has 0 aromatic heterocycles. The normalized spacial score (nSPS) is 19.3. The second kappa shape index (κ2) is 8.42. The van der Waals surface area contributed by atoms with Gasteiger partial charge < -0.3 is 14.6 Å². The van der Waals surface area contributed by atoms with E-state index in [4.69, 9.17) is 14.6 Å². The first-order chi connectivity index (χ1) is 12.6. The van der Waals surface area contributed by atoms with Crippen molar-refractivity contribution in [1.82, 2.24) is 5.32 Å². The Morgan fingerprint density at radius 2 is 2.08 bits per heavy atom. The molecule has 1 saturated heterocycles. The summed E-state index contributed by atoms with van der Waals surface area (Å²) in [5.41, 5.74) is 1.39. The lowest BCUT2D eigenvalue weighted by Gasteiger charge is -2.16. The molecule has 26 heavy (non-hydrogen) atoms. The van der Waals surface area contributed by atoms with Crippen LogP contribution in [0.1, 0.15) is 23.4 Å². The van der Waals surface area contributed by atoms with Gasteiger partial charge in [-0.25, -0.2) is 4.39 Å². The summed E-state index contributed by atoms with van der Waals surface area (Å²) >= 11 is 1.54. The molecule has 0 saturated carbocycles. The van der Waals surface area contributed by atoms with Gasteiger partial charge >= 0.3 is 5.97 Å². The fourth-order valence-corrected chi connectivity index (χ4v) is 3.88. The molecule has 0 aliphatic carbocycles. The maximum Gasteiger partial charge on any atom is 0.321 e. The molecule has 2 N–H and O–H groups in total. The number of thioether (sulfide) groups is 1. The van der Waals surface area contributed by atoms with E-state index in [1.807, 2.05) is 19.1 Å². The van der Waals surface area contributed by atoms with Gasteiger partial charge in [0.05, 0.1) is 12.0 Å². The van der Waals surface area contributed by atoms with Crippen molar-refractivity contribution in [2.75, 3.05) is 12.4 Å². The average Bonchev–Trinajstić information content (AvgIpc) is 3.12. The molecule has 7 heteroatoms. The molecule has 0 amide bonds. The second-order valence-corrected chi connectivity index (χ2v) is 6.93. The first kappa shape index (κ1) is 18.5. The smallest absolute Gasteiger partial charge is 0.321 e. The third-order valence-corrected chi connectivity index (χ3v) is 5.26. The number of benzene rings is 2. The quantitative estimate of drug-likeness (QED) is 0.769. The monoisotopic (exact) mass is 377 g/mol. The molecule has 138 valence electrons. The maximum absolute atomic E-state index is 13.7. The fourth-order valence-electron chi connectivity index (χ4n) is 2.65. The molecule has 1 aliphatic heterocycles. The molecule has 2 aromatic carbocycles. The summed E-state index contributed by atoms with van der Waals surface area (Å²) in [5.74, 6) is 0.428. The topological polar surface area (TPSA) is 67.8 Å². The molecule has 1 fully saturated rings. The predicted molar refractivity (Wildman–Crippen MR) is 98.1 cm³/mol. The highest BCUT2D eigenvalue weighted by molar-refractivity contribution is 7.99. The van der Waals surface area contributed by atoms with Crippen molar-refractivity contribution >= 4 is 17.7 Å². The van der Waals surface area contributed by atoms with E-state index < -0.39 is 12.0 Å². The Hall–Kier alpha value is -2.25. The van der Waals surface area contributed by atoms with Crippen LogP contribution in [0.4, 0.5) is 4.39 Å². The Balaban J connectivity index is 1.74. The minimum absolute atomic E-state index is 0.101. The largest absolute Gasteiger partial charge is 0.490 e. The van der Waals surface area contributed by atoms with Crippen LogP contribution < -0.4 is 14.8 Å². The Morgan fingerprint density at radius 3 is 2.77 bits per heavy atom. The molecule has 0 spiro atoms. The highest BCUT2D eigenvalue weighted by Gasteiger charge is 2.30. The standard InChI is InChI=1S/C19H20FNO4S/c1-2-24-17-9-12(18-21-15(11-26-18)19(22)23)7-8-16(17)25-10-13-5-3-4-6-14(13)20/h3-9,15,18,21H,2,10-11H2,1H3,(H,22,23). The number of ether oxygens (including phenoxy) is 2. The minimum atomic E-state index is -0.852. The van der Waals surface area contributed by atoms with Crippen LogP contribution in [0.3, 0.4) is 0 Å². The molecule has 2 atom stereocenters. The Kier molecular flexibility index (Phi) is 6.00. The summed E-state index contributed by atoms with van der Waals surface area (Å²) in [7, 11) is 0. The first-order valence-corrected chi connectivity index (χ1v) is 9.36. The van der Waals surface area contributed by atoms with E-state index >= 15 is 0 Å². The third kappa shape index (κ3) is 4.28. The zero-order valence-electron chi connectivity index (χ0n) is 14.3. The van der Waals surface area contributed by atoms with E-state index in [9.17, 15) is 9.18 Å². The molecule has 2 unspecified atom stereocenters. The number of halogens is 1. The zero-order valence-corrected chi connectivity index (χ0v) is 15.1. The molecule has 0 bridgehead atoms. The highest BCUT2D eigenvalue weighted by Crippen LogP contribution is 2.37. The number of carboxylic acid groups (broad SMARTS) is 1. The molecule has 0 radical (unpaired) electrons. The lowest BCUT2D eigenvalue weighted by molar-refractivity contribution is -0.138. The number of aliphatic carboxylic acids is 1. The molecule has 3 rings (SSSR count). The number of nitrogens with one attached hydrogen (secondary N) is 1. The SMILES string of the molecule is CCOc1cc(C2NC(C(=O)O)CS2)ccc1OCc1ccccc1F.